The highest BCUT2D eigenvalue weighted by molar-refractivity contribution is 5.83. The van der Waals surface area contributed by atoms with Crippen LogP contribution < -0.4 is 0 Å². The Hall–Kier alpha value is -1.39. The number of hydroxylamine groups is 2. The average Bonchev–Trinajstić information content (AvgIpc) is 2.38. The Balaban J connectivity index is 2.56. The van der Waals surface area contributed by atoms with Crippen molar-refractivity contribution in [1.82, 2.24) is 5.06 Å². The molecule has 4 nitrogen and oxygen atoms in total. The Kier molecular flexibility index (Phi) is 3.17. The van der Waals surface area contributed by atoms with E-state index in [9.17, 15) is 10.0 Å². The molecule has 1 N–H and O–H groups in total. The van der Waals surface area contributed by atoms with Gasteiger partial charge in [-0.05, 0) is 25.8 Å². The zero-order chi connectivity index (χ0) is 13.4. The van der Waals surface area contributed by atoms with E-state index in [0.29, 0.717) is 6.42 Å². The predicted molar refractivity (Wildman–Crippen MR) is 67.1 cm³/mol. The molecule has 0 aliphatic carbocycles. The van der Waals surface area contributed by atoms with Crippen LogP contribution in [0.1, 0.15) is 32.8 Å². The first-order valence-corrected chi connectivity index (χ1v) is 6.17. The van der Waals surface area contributed by atoms with Crippen LogP contribution in [0, 0.1) is 0 Å². The highest BCUT2D eigenvalue weighted by Crippen LogP contribution is 2.40. The Morgan fingerprint density at radius 3 is 2.50 bits per heavy atom. The molecule has 98 valence electrons. The topological polar surface area (TPSA) is 49.8 Å². The number of carbonyl (C=O) groups excluding carboxylic acids is 1. The maximum absolute atomic E-state index is 12.2. The quantitative estimate of drug-likeness (QED) is 0.817. The molecule has 1 aliphatic heterocycles. The summed E-state index contributed by atoms with van der Waals surface area (Å²) < 4.78 is 5.28. The number of ether oxygens (including phenoxy) is 1. The van der Waals surface area contributed by atoms with E-state index in [1.54, 1.807) is 0 Å². The molecule has 0 amide bonds. The number of hydrogen-bond acceptors (Lipinski definition) is 4. The van der Waals surface area contributed by atoms with Gasteiger partial charge in [-0.15, -0.1) is 0 Å². The minimum absolute atomic E-state index is 0.191. The van der Waals surface area contributed by atoms with E-state index in [0.717, 1.165) is 10.6 Å². The van der Waals surface area contributed by atoms with Gasteiger partial charge in [-0.1, -0.05) is 37.3 Å². The van der Waals surface area contributed by atoms with Gasteiger partial charge in [0, 0.05) is 0 Å². The zero-order valence-electron chi connectivity index (χ0n) is 11.0. The van der Waals surface area contributed by atoms with E-state index in [1.165, 1.54) is 0 Å². The van der Waals surface area contributed by atoms with Gasteiger partial charge in [0.25, 0.3) is 0 Å². The molecular weight excluding hydrogens is 230 g/mol. The number of benzene rings is 1. The van der Waals surface area contributed by atoms with Crippen molar-refractivity contribution < 1.29 is 14.7 Å². The summed E-state index contributed by atoms with van der Waals surface area (Å²) >= 11 is 0. The molecule has 1 unspecified atom stereocenters. The van der Waals surface area contributed by atoms with Gasteiger partial charge >= 0.3 is 5.97 Å². The molecule has 0 bridgehead atoms. The van der Waals surface area contributed by atoms with Gasteiger partial charge < -0.3 is 9.94 Å². The largest absolute Gasteiger partial charge is 0.462 e. The standard InChI is InChI=1S/C14H19NO3/c1-4-14(11-8-6-5-7-9-11)12(16)18-10-13(2,3)15(14)17/h5-9,17H,4,10H2,1-3H3. The molecule has 2 rings (SSSR count). The van der Waals surface area contributed by atoms with Crippen molar-refractivity contribution in [3.05, 3.63) is 35.9 Å². The lowest BCUT2D eigenvalue weighted by Crippen LogP contribution is -2.65. The molecule has 1 fully saturated rings. The highest BCUT2D eigenvalue weighted by atomic mass is 16.6. The van der Waals surface area contributed by atoms with Gasteiger partial charge in [0.15, 0.2) is 5.54 Å². The molecule has 1 aliphatic rings. The van der Waals surface area contributed by atoms with Crippen LogP contribution in [0.2, 0.25) is 0 Å². The summed E-state index contributed by atoms with van der Waals surface area (Å²) in [5.74, 6) is -0.391. The summed E-state index contributed by atoms with van der Waals surface area (Å²) in [6, 6.07) is 9.28. The molecule has 0 radical (unpaired) electrons. The Morgan fingerprint density at radius 1 is 1.33 bits per heavy atom. The Bertz CT molecular complexity index is 444. The third kappa shape index (κ3) is 1.72. The van der Waals surface area contributed by atoms with Crippen molar-refractivity contribution in [2.45, 2.75) is 38.3 Å². The summed E-state index contributed by atoms with van der Waals surface area (Å²) in [5.41, 5.74) is -0.948. The van der Waals surface area contributed by atoms with Crippen molar-refractivity contribution in [2.75, 3.05) is 6.61 Å². The molecule has 1 atom stereocenters. The number of cyclic esters (lactones) is 1. The number of hydrogen-bond donors (Lipinski definition) is 1. The molecule has 0 aromatic heterocycles. The SMILES string of the molecule is CCC1(c2ccccc2)C(=O)OCC(C)(C)N1O. The zero-order valence-corrected chi connectivity index (χ0v) is 11.0. The van der Waals surface area contributed by atoms with Crippen LogP contribution in [0.25, 0.3) is 0 Å². The van der Waals surface area contributed by atoms with Crippen LogP contribution in [0.3, 0.4) is 0 Å². The maximum Gasteiger partial charge on any atom is 0.333 e. The van der Waals surface area contributed by atoms with Crippen molar-refractivity contribution >= 4 is 5.97 Å². The fourth-order valence-electron chi connectivity index (χ4n) is 2.48. The van der Waals surface area contributed by atoms with Crippen molar-refractivity contribution in [2.24, 2.45) is 0 Å². The van der Waals surface area contributed by atoms with Crippen LogP contribution in [-0.4, -0.2) is 28.4 Å². The first-order chi connectivity index (χ1) is 8.45. The van der Waals surface area contributed by atoms with Gasteiger partial charge in [0.2, 0.25) is 0 Å². The lowest BCUT2D eigenvalue weighted by atomic mass is 9.82. The van der Waals surface area contributed by atoms with Crippen molar-refractivity contribution in [1.29, 1.82) is 0 Å². The van der Waals surface area contributed by atoms with E-state index in [2.05, 4.69) is 0 Å². The van der Waals surface area contributed by atoms with Crippen LogP contribution in [0.4, 0.5) is 0 Å². The van der Waals surface area contributed by atoms with E-state index in [-0.39, 0.29) is 6.61 Å². The smallest absolute Gasteiger partial charge is 0.333 e. The number of esters is 1. The third-order valence-electron chi connectivity index (χ3n) is 3.59. The van der Waals surface area contributed by atoms with E-state index < -0.39 is 17.0 Å². The molecule has 1 saturated heterocycles. The molecular formula is C14H19NO3. The van der Waals surface area contributed by atoms with Crippen LogP contribution >= 0.6 is 0 Å². The van der Waals surface area contributed by atoms with Gasteiger partial charge in [-0.2, -0.15) is 5.06 Å². The molecule has 0 spiro atoms. The predicted octanol–water partition coefficient (Wildman–Crippen LogP) is 2.32. The van der Waals surface area contributed by atoms with E-state index >= 15 is 0 Å². The number of rotatable bonds is 2. The van der Waals surface area contributed by atoms with Crippen LogP contribution in [0.15, 0.2) is 30.3 Å². The Morgan fingerprint density at radius 2 is 1.94 bits per heavy atom. The molecule has 18 heavy (non-hydrogen) atoms. The fourth-order valence-corrected chi connectivity index (χ4v) is 2.48. The normalized spacial score (nSPS) is 27.9. The van der Waals surface area contributed by atoms with Gasteiger partial charge in [-0.3, -0.25) is 0 Å². The minimum Gasteiger partial charge on any atom is -0.462 e. The minimum atomic E-state index is -1.11. The number of morpholine rings is 1. The second-order valence-corrected chi connectivity index (χ2v) is 5.28. The lowest BCUT2D eigenvalue weighted by Gasteiger charge is -2.49. The molecule has 0 saturated carbocycles. The Labute approximate surface area is 107 Å². The first-order valence-electron chi connectivity index (χ1n) is 6.17. The summed E-state index contributed by atoms with van der Waals surface area (Å²) in [7, 11) is 0. The first kappa shape index (κ1) is 13.1. The monoisotopic (exact) mass is 249 g/mol. The molecule has 4 heteroatoms. The van der Waals surface area contributed by atoms with E-state index in [4.69, 9.17) is 4.74 Å². The number of nitrogens with zero attached hydrogens (tertiary/aromatic N) is 1. The van der Waals surface area contributed by atoms with Gasteiger partial charge in [0.1, 0.15) is 6.61 Å². The third-order valence-corrected chi connectivity index (χ3v) is 3.59. The molecule has 1 aromatic rings. The second kappa shape index (κ2) is 4.37. The lowest BCUT2D eigenvalue weighted by molar-refractivity contribution is -0.277. The second-order valence-electron chi connectivity index (χ2n) is 5.28. The average molecular weight is 249 g/mol. The fraction of sp³-hybridized carbons (Fsp3) is 0.500. The van der Waals surface area contributed by atoms with Crippen molar-refractivity contribution in [3.63, 3.8) is 0 Å². The van der Waals surface area contributed by atoms with Crippen molar-refractivity contribution in [3.8, 4) is 0 Å². The summed E-state index contributed by atoms with van der Waals surface area (Å²) in [6.45, 7) is 5.77. The van der Waals surface area contributed by atoms with Crippen LogP contribution in [-0.2, 0) is 15.1 Å². The molecule has 1 aromatic carbocycles. The van der Waals surface area contributed by atoms with Gasteiger partial charge in [0.05, 0.1) is 5.54 Å². The summed E-state index contributed by atoms with van der Waals surface area (Å²) in [6.07, 6.45) is 0.454. The summed E-state index contributed by atoms with van der Waals surface area (Å²) in [5, 5.41) is 11.7. The van der Waals surface area contributed by atoms with Gasteiger partial charge in [-0.25, -0.2) is 4.79 Å². The molecule has 1 heterocycles. The maximum atomic E-state index is 12.2. The van der Waals surface area contributed by atoms with Crippen LogP contribution in [0.5, 0.6) is 0 Å². The summed E-state index contributed by atoms with van der Waals surface area (Å²) in [4.78, 5) is 12.2. The highest BCUT2D eigenvalue weighted by Gasteiger charge is 2.54. The number of carbonyl (C=O) groups is 1. The van der Waals surface area contributed by atoms with E-state index in [1.807, 2.05) is 51.1 Å².